The van der Waals surface area contributed by atoms with E-state index in [-0.39, 0.29) is 5.91 Å². The maximum Gasteiger partial charge on any atom is 0.221 e. The van der Waals surface area contributed by atoms with Crippen molar-refractivity contribution < 1.29 is 4.79 Å². The Hall–Kier alpha value is -2.73. The molecule has 0 spiro atoms. The number of pyridine rings is 1. The predicted octanol–water partition coefficient (Wildman–Crippen LogP) is 2.02. The topological polar surface area (TPSA) is 71.3 Å². The van der Waals surface area contributed by atoms with Gasteiger partial charge in [0.05, 0.1) is 0 Å². The number of fused-ring (bicyclic) bond motifs is 1. The van der Waals surface area contributed by atoms with Gasteiger partial charge in [-0.05, 0) is 29.8 Å². The first-order valence-corrected chi connectivity index (χ1v) is 7.58. The molecule has 3 aromatic rings. The van der Waals surface area contributed by atoms with Gasteiger partial charge in [-0.3, -0.25) is 9.20 Å². The van der Waals surface area contributed by atoms with Crippen LogP contribution in [0.5, 0.6) is 0 Å². The lowest BCUT2D eigenvalue weighted by Gasteiger charge is -2.06. The normalized spacial score (nSPS) is 10.8. The van der Waals surface area contributed by atoms with Crippen molar-refractivity contribution in [3.8, 4) is 0 Å². The van der Waals surface area contributed by atoms with Crippen molar-refractivity contribution in [2.75, 3.05) is 11.9 Å². The van der Waals surface area contributed by atoms with E-state index in [1.165, 1.54) is 12.5 Å². The van der Waals surface area contributed by atoms with E-state index in [4.69, 9.17) is 0 Å². The van der Waals surface area contributed by atoms with Crippen LogP contribution in [0.3, 0.4) is 0 Å². The number of nitrogens with one attached hydrogen (secondary N) is 2. The summed E-state index contributed by atoms with van der Waals surface area (Å²) in [5.74, 6) is 0.894. The minimum absolute atomic E-state index is 0.0589. The minimum atomic E-state index is -0.0589. The summed E-state index contributed by atoms with van der Waals surface area (Å²) >= 11 is 0. The molecule has 0 aliphatic carbocycles. The molecule has 2 aromatic heterocycles. The molecule has 0 radical (unpaired) electrons. The molecule has 1 aromatic carbocycles. The van der Waals surface area contributed by atoms with Crippen LogP contribution in [0.2, 0.25) is 0 Å². The van der Waals surface area contributed by atoms with Gasteiger partial charge in [0.1, 0.15) is 5.82 Å². The van der Waals surface area contributed by atoms with Crippen molar-refractivity contribution in [1.29, 1.82) is 0 Å². The molecule has 2 N–H and O–H groups in total. The van der Waals surface area contributed by atoms with Crippen LogP contribution in [0.4, 0.5) is 5.69 Å². The van der Waals surface area contributed by atoms with Crippen molar-refractivity contribution in [2.45, 2.75) is 19.9 Å². The van der Waals surface area contributed by atoms with Crippen molar-refractivity contribution in [1.82, 2.24) is 19.9 Å². The van der Waals surface area contributed by atoms with Crippen LogP contribution in [0.25, 0.3) is 5.65 Å². The van der Waals surface area contributed by atoms with Gasteiger partial charge < -0.3 is 10.6 Å². The number of hydrogen-bond acceptors (Lipinski definition) is 4. The van der Waals surface area contributed by atoms with Crippen LogP contribution >= 0.6 is 0 Å². The fraction of sp³-hybridized carbons (Fsp3) is 0.235. The number of anilines is 1. The molecule has 0 atom stereocenters. The van der Waals surface area contributed by atoms with E-state index in [1.807, 2.05) is 53.1 Å². The van der Waals surface area contributed by atoms with Crippen molar-refractivity contribution >= 4 is 17.2 Å². The van der Waals surface area contributed by atoms with Gasteiger partial charge >= 0.3 is 0 Å². The first-order valence-electron chi connectivity index (χ1n) is 7.58. The molecule has 0 aliphatic rings. The highest BCUT2D eigenvalue weighted by Gasteiger charge is 2.03. The summed E-state index contributed by atoms with van der Waals surface area (Å²) in [5.41, 5.74) is 2.86. The van der Waals surface area contributed by atoms with Crippen LogP contribution in [-0.4, -0.2) is 27.0 Å². The monoisotopic (exact) mass is 309 g/mol. The van der Waals surface area contributed by atoms with E-state index in [1.54, 1.807) is 0 Å². The quantitative estimate of drug-likeness (QED) is 0.683. The predicted molar refractivity (Wildman–Crippen MR) is 89.1 cm³/mol. The summed E-state index contributed by atoms with van der Waals surface area (Å²) in [6, 6.07) is 13.7. The van der Waals surface area contributed by atoms with Crippen molar-refractivity contribution in [3.63, 3.8) is 0 Å². The second kappa shape index (κ2) is 7.02. The van der Waals surface area contributed by atoms with E-state index in [9.17, 15) is 4.79 Å². The standard InChI is InChI=1S/C17H19N5O/c1-13(23)19-15-7-5-14(6-8-15)12-18-10-9-17-21-20-16-4-2-3-11-22(16)17/h2-8,11,18H,9-10,12H2,1H3,(H,19,23). The minimum Gasteiger partial charge on any atom is -0.326 e. The molecule has 0 saturated heterocycles. The SMILES string of the molecule is CC(=O)Nc1ccc(CNCCc2nnc3ccccn23)cc1. The summed E-state index contributed by atoms with van der Waals surface area (Å²) < 4.78 is 2.00. The Balaban J connectivity index is 1.49. The first-order chi connectivity index (χ1) is 11.2. The summed E-state index contributed by atoms with van der Waals surface area (Å²) in [5, 5.41) is 14.5. The number of hydrogen-bond donors (Lipinski definition) is 2. The average molecular weight is 309 g/mol. The van der Waals surface area contributed by atoms with Crippen LogP contribution in [0, 0.1) is 0 Å². The third-order valence-electron chi connectivity index (χ3n) is 3.51. The Bertz CT molecular complexity index is 794. The Labute approximate surface area is 134 Å². The zero-order chi connectivity index (χ0) is 16.1. The maximum atomic E-state index is 11.0. The molecule has 0 aliphatic heterocycles. The lowest BCUT2D eigenvalue weighted by atomic mass is 10.2. The van der Waals surface area contributed by atoms with Gasteiger partial charge in [-0.2, -0.15) is 0 Å². The molecule has 3 rings (SSSR count). The second-order valence-corrected chi connectivity index (χ2v) is 5.35. The van der Waals surface area contributed by atoms with Crippen LogP contribution in [0.1, 0.15) is 18.3 Å². The van der Waals surface area contributed by atoms with Crippen molar-refractivity contribution in [2.24, 2.45) is 0 Å². The summed E-state index contributed by atoms with van der Waals surface area (Å²) in [6.45, 7) is 3.10. The van der Waals surface area contributed by atoms with E-state index < -0.39 is 0 Å². The molecule has 0 bridgehead atoms. The maximum absolute atomic E-state index is 11.0. The zero-order valence-corrected chi connectivity index (χ0v) is 13.0. The Kier molecular flexibility index (Phi) is 4.63. The number of amides is 1. The third kappa shape index (κ3) is 3.92. The number of benzene rings is 1. The van der Waals surface area contributed by atoms with Gasteiger partial charge in [-0.25, -0.2) is 0 Å². The van der Waals surface area contributed by atoms with Gasteiger partial charge in [0.15, 0.2) is 5.65 Å². The fourth-order valence-electron chi connectivity index (χ4n) is 2.40. The summed E-state index contributed by atoms with van der Waals surface area (Å²) in [6.07, 6.45) is 2.79. The van der Waals surface area contributed by atoms with E-state index >= 15 is 0 Å². The second-order valence-electron chi connectivity index (χ2n) is 5.35. The number of aromatic nitrogens is 3. The van der Waals surface area contributed by atoms with E-state index in [2.05, 4.69) is 20.8 Å². The molecule has 6 nitrogen and oxygen atoms in total. The van der Waals surface area contributed by atoms with E-state index in [0.717, 1.165) is 36.7 Å². The molecule has 118 valence electrons. The molecule has 0 saturated carbocycles. The summed E-state index contributed by atoms with van der Waals surface area (Å²) in [4.78, 5) is 11.0. The Morgan fingerprint density at radius 2 is 1.96 bits per heavy atom. The average Bonchev–Trinajstić information content (AvgIpc) is 2.96. The largest absolute Gasteiger partial charge is 0.326 e. The molecule has 0 fully saturated rings. The zero-order valence-electron chi connectivity index (χ0n) is 13.0. The van der Waals surface area contributed by atoms with Gasteiger partial charge in [-0.1, -0.05) is 18.2 Å². The molecule has 6 heteroatoms. The fourth-order valence-corrected chi connectivity index (χ4v) is 2.40. The molecule has 1 amide bonds. The van der Waals surface area contributed by atoms with Gasteiger partial charge in [0.2, 0.25) is 5.91 Å². The molecule has 2 heterocycles. The van der Waals surface area contributed by atoms with Crippen molar-refractivity contribution in [3.05, 3.63) is 60.0 Å². The van der Waals surface area contributed by atoms with Crippen LogP contribution in [-0.2, 0) is 17.8 Å². The summed E-state index contributed by atoms with van der Waals surface area (Å²) in [7, 11) is 0. The highest BCUT2D eigenvalue weighted by Crippen LogP contribution is 2.09. The number of rotatable bonds is 6. The van der Waals surface area contributed by atoms with E-state index in [0.29, 0.717) is 0 Å². The number of nitrogens with zero attached hydrogens (tertiary/aromatic N) is 3. The Morgan fingerprint density at radius 3 is 2.74 bits per heavy atom. The molecular weight excluding hydrogens is 290 g/mol. The molecular formula is C17H19N5O. The smallest absolute Gasteiger partial charge is 0.221 e. The molecule has 0 unspecified atom stereocenters. The number of carbonyl (C=O) groups is 1. The van der Waals surface area contributed by atoms with Gasteiger partial charge in [-0.15, -0.1) is 10.2 Å². The highest BCUT2D eigenvalue weighted by atomic mass is 16.1. The number of carbonyl (C=O) groups excluding carboxylic acids is 1. The highest BCUT2D eigenvalue weighted by molar-refractivity contribution is 5.88. The van der Waals surface area contributed by atoms with Gasteiger partial charge in [0.25, 0.3) is 0 Å². The van der Waals surface area contributed by atoms with Gasteiger partial charge in [0, 0.05) is 38.3 Å². The third-order valence-corrected chi connectivity index (χ3v) is 3.51. The lowest BCUT2D eigenvalue weighted by Crippen LogP contribution is -2.17. The molecule has 23 heavy (non-hydrogen) atoms. The first kappa shape index (κ1) is 15.2. The van der Waals surface area contributed by atoms with Crippen LogP contribution in [0.15, 0.2) is 48.7 Å². The Morgan fingerprint density at radius 1 is 1.13 bits per heavy atom. The lowest BCUT2D eigenvalue weighted by molar-refractivity contribution is -0.114. The van der Waals surface area contributed by atoms with Crippen LogP contribution < -0.4 is 10.6 Å².